The van der Waals surface area contributed by atoms with E-state index >= 15 is 0 Å². The van der Waals surface area contributed by atoms with Crippen LogP contribution in [0.15, 0.2) is 12.2 Å². The number of carbonyl (C=O) groups is 1. The molecule has 3 nitrogen and oxygen atoms in total. The minimum atomic E-state index is -1.11. The van der Waals surface area contributed by atoms with E-state index in [-0.39, 0.29) is 0 Å². The first-order valence-electron chi connectivity index (χ1n) is 8.15. The maximum Gasteiger partial charge on any atom is 0.338 e. The molecule has 0 saturated carbocycles. The fourth-order valence-corrected chi connectivity index (χ4v) is 2.17. The normalized spacial score (nSPS) is 12.8. The Balaban J connectivity index is 3.24. The van der Waals surface area contributed by atoms with Gasteiger partial charge in [0.2, 0.25) is 0 Å². The topological polar surface area (TPSA) is 46.5 Å². The molecule has 0 aromatic carbocycles. The van der Waals surface area contributed by atoms with Crippen LogP contribution in [0.2, 0.25) is 0 Å². The van der Waals surface area contributed by atoms with Crippen LogP contribution in [0.3, 0.4) is 0 Å². The van der Waals surface area contributed by atoms with E-state index in [1.165, 1.54) is 71.0 Å². The number of carbonyl (C=O) groups excluding carboxylic acids is 1. The number of hydrogen-bond acceptors (Lipinski definition) is 3. The van der Waals surface area contributed by atoms with Crippen molar-refractivity contribution in [2.75, 3.05) is 7.11 Å². The summed E-state index contributed by atoms with van der Waals surface area (Å²) in [6, 6.07) is 0. The summed E-state index contributed by atoms with van der Waals surface area (Å²) in [5, 5.41) is 9.32. The second-order valence-electron chi connectivity index (χ2n) is 5.37. The average molecular weight is 284 g/mol. The Labute approximate surface area is 124 Å². The Morgan fingerprint density at radius 1 is 1.00 bits per heavy atom. The highest BCUT2D eigenvalue weighted by atomic mass is 16.5. The largest absolute Gasteiger partial charge is 0.467 e. The van der Waals surface area contributed by atoms with Crippen molar-refractivity contribution in [2.24, 2.45) is 0 Å². The highest BCUT2D eigenvalue weighted by Gasteiger charge is 2.09. The summed E-state index contributed by atoms with van der Waals surface area (Å²) in [7, 11) is 1.28. The maximum absolute atomic E-state index is 10.9. The lowest BCUT2D eigenvalue weighted by atomic mass is 10.1. The number of ether oxygens (including phenoxy) is 1. The summed E-state index contributed by atoms with van der Waals surface area (Å²) >= 11 is 0. The van der Waals surface area contributed by atoms with Crippen LogP contribution in [0.25, 0.3) is 0 Å². The standard InChI is InChI=1S/C17H32O3/c1-3-4-5-6-7-8-9-10-11-12-13-14-15-16(18)17(19)20-2/h14-16,18H,3-13H2,1-2H3. The van der Waals surface area contributed by atoms with Crippen LogP contribution >= 0.6 is 0 Å². The van der Waals surface area contributed by atoms with Crippen LogP contribution in [0.4, 0.5) is 0 Å². The molecule has 0 spiro atoms. The molecule has 0 heterocycles. The predicted octanol–water partition coefficient (Wildman–Crippen LogP) is 4.39. The predicted molar refractivity (Wildman–Crippen MR) is 83.6 cm³/mol. The van der Waals surface area contributed by atoms with Gasteiger partial charge in [0.15, 0.2) is 6.10 Å². The van der Waals surface area contributed by atoms with Crippen molar-refractivity contribution in [2.45, 2.75) is 83.7 Å². The Morgan fingerprint density at radius 3 is 2.00 bits per heavy atom. The van der Waals surface area contributed by atoms with Crippen molar-refractivity contribution >= 4 is 5.97 Å². The van der Waals surface area contributed by atoms with Crippen molar-refractivity contribution in [1.82, 2.24) is 0 Å². The van der Waals surface area contributed by atoms with E-state index in [1.807, 2.05) is 6.08 Å². The zero-order chi connectivity index (χ0) is 15.1. The third-order valence-corrected chi connectivity index (χ3v) is 3.49. The highest BCUT2D eigenvalue weighted by Crippen LogP contribution is 2.11. The number of esters is 1. The van der Waals surface area contributed by atoms with Crippen LogP contribution in [0.5, 0.6) is 0 Å². The molecule has 0 aromatic rings. The first-order valence-corrected chi connectivity index (χ1v) is 8.15. The summed E-state index contributed by atoms with van der Waals surface area (Å²) in [4.78, 5) is 10.9. The zero-order valence-electron chi connectivity index (χ0n) is 13.3. The molecule has 0 aliphatic rings. The van der Waals surface area contributed by atoms with Gasteiger partial charge in [-0.2, -0.15) is 0 Å². The summed E-state index contributed by atoms with van der Waals surface area (Å²) in [6.45, 7) is 2.25. The van der Waals surface area contributed by atoms with Crippen molar-refractivity contribution < 1.29 is 14.6 Å². The Morgan fingerprint density at radius 2 is 1.50 bits per heavy atom. The fraction of sp³-hybridized carbons (Fsp3) is 0.824. The lowest BCUT2D eigenvalue weighted by molar-refractivity contribution is -0.147. The lowest BCUT2D eigenvalue weighted by Gasteiger charge is -2.02. The second kappa shape index (κ2) is 14.6. The number of aliphatic hydroxyl groups is 1. The van der Waals surface area contributed by atoms with E-state index in [9.17, 15) is 9.90 Å². The monoisotopic (exact) mass is 284 g/mol. The van der Waals surface area contributed by atoms with Crippen LogP contribution in [-0.2, 0) is 9.53 Å². The molecular weight excluding hydrogens is 252 g/mol. The van der Waals surface area contributed by atoms with E-state index in [0.717, 1.165) is 12.8 Å². The SMILES string of the molecule is CCCCCCCCCCCCC=CC(O)C(=O)OC. The molecular formula is C17H32O3. The molecule has 118 valence electrons. The van der Waals surface area contributed by atoms with Gasteiger partial charge < -0.3 is 9.84 Å². The lowest BCUT2D eigenvalue weighted by Crippen LogP contribution is -2.18. The van der Waals surface area contributed by atoms with Gasteiger partial charge in [0, 0.05) is 0 Å². The molecule has 0 aliphatic heterocycles. The van der Waals surface area contributed by atoms with E-state index in [1.54, 1.807) is 0 Å². The van der Waals surface area contributed by atoms with Gasteiger partial charge in [-0.05, 0) is 18.9 Å². The van der Waals surface area contributed by atoms with Crippen LogP contribution < -0.4 is 0 Å². The minimum absolute atomic E-state index is 0.593. The number of aliphatic hydroxyl groups excluding tert-OH is 1. The summed E-state index contributed by atoms with van der Waals surface area (Å²) in [5.41, 5.74) is 0. The molecule has 0 bridgehead atoms. The van der Waals surface area contributed by atoms with Crippen molar-refractivity contribution in [3.8, 4) is 0 Å². The minimum Gasteiger partial charge on any atom is -0.467 e. The molecule has 0 saturated heterocycles. The smallest absolute Gasteiger partial charge is 0.338 e. The molecule has 0 fully saturated rings. The third-order valence-electron chi connectivity index (χ3n) is 3.49. The first-order chi connectivity index (χ1) is 9.72. The zero-order valence-corrected chi connectivity index (χ0v) is 13.3. The second-order valence-corrected chi connectivity index (χ2v) is 5.37. The summed E-state index contributed by atoms with van der Waals surface area (Å²) < 4.78 is 4.43. The van der Waals surface area contributed by atoms with Crippen molar-refractivity contribution in [3.05, 3.63) is 12.2 Å². The van der Waals surface area contributed by atoms with Crippen LogP contribution in [0.1, 0.15) is 77.6 Å². The molecule has 1 unspecified atom stereocenters. The Hall–Kier alpha value is -0.830. The summed E-state index contributed by atoms with van der Waals surface area (Å²) in [5.74, 6) is -0.593. The van der Waals surface area contributed by atoms with Gasteiger partial charge >= 0.3 is 5.97 Å². The number of methoxy groups -OCH3 is 1. The third kappa shape index (κ3) is 12.2. The molecule has 20 heavy (non-hydrogen) atoms. The van der Waals surface area contributed by atoms with Gasteiger partial charge in [-0.1, -0.05) is 70.8 Å². The molecule has 0 amide bonds. The van der Waals surface area contributed by atoms with Gasteiger partial charge in [0.1, 0.15) is 0 Å². The number of unbranched alkanes of at least 4 members (excludes halogenated alkanes) is 10. The number of rotatable bonds is 13. The van der Waals surface area contributed by atoms with Crippen molar-refractivity contribution in [1.29, 1.82) is 0 Å². The maximum atomic E-state index is 10.9. The van der Waals surface area contributed by atoms with E-state index < -0.39 is 12.1 Å². The van der Waals surface area contributed by atoms with E-state index in [0.29, 0.717) is 0 Å². The molecule has 3 heteroatoms. The number of allylic oxidation sites excluding steroid dienone is 1. The Kier molecular flexibility index (Phi) is 14.0. The molecule has 1 atom stereocenters. The average Bonchev–Trinajstić information content (AvgIpc) is 2.47. The first kappa shape index (κ1) is 19.2. The highest BCUT2D eigenvalue weighted by molar-refractivity contribution is 5.76. The fourth-order valence-electron chi connectivity index (χ4n) is 2.17. The van der Waals surface area contributed by atoms with Crippen LogP contribution in [-0.4, -0.2) is 24.3 Å². The molecule has 0 radical (unpaired) electrons. The van der Waals surface area contributed by atoms with Crippen molar-refractivity contribution in [3.63, 3.8) is 0 Å². The van der Waals surface area contributed by atoms with E-state index in [2.05, 4.69) is 11.7 Å². The molecule has 1 N–H and O–H groups in total. The van der Waals surface area contributed by atoms with Gasteiger partial charge in [-0.25, -0.2) is 4.79 Å². The van der Waals surface area contributed by atoms with Gasteiger partial charge in [-0.15, -0.1) is 0 Å². The summed E-state index contributed by atoms with van der Waals surface area (Å²) in [6.07, 6.45) is 16.4. The Bertz CT molecular complexity index is 249. The molecule has 0 rings (SSSR count). The van der Waals surface area contributed by atoms with Gasteiger partial charge in [0.05, 0.1) is 7.11 Å². The molecule has 0 aliphatic carbocycles. The van der Waals surface area contributed by atoms with E-state index in [4.69, 9.17) is 0 Å². The van der Waals surface area contributed by atoms with Gasteiger partial charge in [0.25, 0.3) is 0 Å². The number of hydrogen-bond donors (Lipinski definition) is 1. The molecule has 0 aromatic heterocycles. The van der Waals surface area contributed by atoms with Gasteiger partial charge in [-0.3, -0.25) is 0 Å². The van der Waals surface area contributed by atoms with Crippen LogP contribution in [0, 0.1) is 0 Å². The quantitative estimate of drug-likeness (QED) is 0.310.